The van der Waals surface area contributed by atoms with Crippen molar-refractivity contribution in [3.63, 3.8) is 0 Å². The minimum absolute atomic E-state index is 0.120. The van der Waals surface area contributed by atoms with Crippen molar-refractivity contribution in [1.82, 2.24) is 4.90 Å². The molecule has 1 aliphatic heterocycles. The minimum atomic E-state index is -0.370. The number of hydrogen-bond donors (Lipinski definition) is 1. The maximum Gasteiger partial charge on any atom is 0.240 e. The molecule has 0 aliphatic carbocycles. The fraction of sp³-hybridized carbons (Fsp3) is 0.917. The van der Waals surface area contributed by atoms with E-state index in [1.165, 1.54) is 0 Å². The number of amides is 1. The average Bonchev–Trinajstić information content (AvgIpc) is 2.15. The van der Waals surface area contributed by atoms with Gasteiger partial charge in [0.15, 0.2) is 0 Å². The first-order chi connectivity index (χ1) is 6.82. The van der Waals surface area contributed by atoms with Crippen LogP contribution in [0.15, 0.2) is 0 Å². The van der Waals surface area contributed by atoms with E-state index in [4.69, 9.17) is 5.73 Å². The van der Waals surface area contributed by atoms with E-state index >= 15 is 0 Å². The van der Waals surface area contributed by atoms with Crippen molar-refractivity contribution in [2.45, 2.75) is 46.6 Å². The summed E-state index contributed by atoms with van der Waals surface area (Å²) in [6.07, 6.45) is 2.23. The SMILES string of the molecule is CC1CCN(C(=O)[C@H](N)C(C)(C)C)CC1. The predicted octanol–water partition coefficient (Wildman–Crippen LogP) is 1.62. The van der Waals surface area contributed by atoms with Crippen LogP contribution < -0.4 is 5.73 Å². The maximum absolute atomic E-state index is 12.1. The molecule has 3 nitrogen and oxygen atoms in total. The Morgan fingerprint density at radius 1 is 1.33 bits per heavy atom. The summed E-state index contributed by atoms with van der Waals surface area (Å²) in [4.78, 5) is 14.0. The van der Waals surface area contributed by atoms with Crippen LogP contribution >= 0.6 is 0 Å². The molecule has 3 heteroatoms. The number of likely N-dealkylation sites (tertiary alicyclic amines) is 1. The highest BCUT2D eigenvalue weighted by atomic mass is 16.2. The highest BCUT2D eigenvalue weighted by Gasteiger charge is 2.32. The molecule has 1 atom stereocenters. The van der Waals surface area contributed by atoms with Crippen molar-refractivity contribution in [1.29, 1.82) is 0 Å². The first kappa shape index (κ1) is 12.5. The minimum Gasteiger partial charge on any atom is -0.341 e. The molecule has 0 bridgehead atoms. The van der Waals surface area contributed by atoms with Crippen molar-refractivity contribution >= 4 is 5.91 Å². The summed E-state index contributed by atoms with van der Waals surface area (Å²) in [6.45, 7) is 10.0. The molecule has 2 N–H and O–H groups in total. The largest absolute Gasteiger partial charge is 0.341 e. The van der Waals surface area contributed by atoms with Crippen molar-refractivity contribution in [2.24, 2.45) is 17.1 Å². The Hall–Kier alpha value is -0.570. The monoisotopic (exact) mass is 212 g/mol. The van der Waals surface area contributed by atoms with Crippen LogP contribution in [0, 0.1) is 11.3 Å². The van der Waals surface area contributed by atoms with Crippen molar-refractivity contribution in [3.8, 4) is 0 Å². The van der Waals surface area contributed by atoms with Crippen LogP contribution in [0.4, 0.5) is 0 Å². The Balaban J connectivity index is 2.54. The zero-order valence-corrected chi connectivity index (χ0v) is 10.4. The lowest BCUT2D eigenvalue weighted by Crippen LogP contribution is -2.52. The zero-order valence-electron chi connectivity index (χ0n) is 10.4. The smallest absolute Gasteiger partial charge is 0.240 e. The van der Waals surface area contributed by atoms with Gasteiger partial charge in [-0.05, 0) is 24.2 Å². The van der Waals surface area contributed by atoms with Crippen molar-refractivity contribution in [2.75, 3.05) is 13.1 Å². The topological polar surface area (TPSA) is 46.3 Å². The molecule has 0 aromatic rings. The second kappa shape index (κ2) is 4.52. The quantitative estimate of drug-likeness (QED) is 0.718. The molecule has 1 heterocycles. The van der Waals surface area contributed by atoms with E-state index < -0.39 is 0 Å². The van der Waals surface area contributed by atoms with Crippen LogP contribution in [0.25, 0.3) is 0 Å². The summed E-state index contributed by atoms with van der Waals surface area (Å²) < 4.78 is 0. The number of nitrogens with zero attached hydrogens (tertiary/aromatic N) is 1. The van der Waals surface area contributed by atoms with Gasteiger partial charge in [-0.15, -0.1) is 0 Å². The van der Waals surface area contributed by atoms with Crippen LogP contribution in [-0.2, 0) is 4.79 Å². The Labute approximate surface area is 93.0 Å². The average molecular weight is 212 g/mol. The number of piperidine rings is 1. The molecule has 0 spiro atoms. The van der Waals surface area contributed by atoms with Gasteiger partial charge in [0.1, 0.15) is 0 Å². The fourth-order valence-corrected chi connectivity index (χ4v) is 1.80. The summed E-state index contributed by atoms with van der Waals surface area (Å²) in [7, 11) is 0. The van der Waals surface area contributed by atoms with Crippen molar-refractivity contribution in [3.05, 3.63) is 0 Å². The second-order valence-corrected chi connectivity index (χ2v) is 5.85. The summed E-state index contributed by atoms with van der Waals surface area (Å²) in [6, 6.07) is -0.370. The molecule has 1 rings (SSSR count). The maximum atomic E-state index is 12.1. The molecule has 15 heavy (non-hydrogen) atoms. The van der Waals surface area contributed by atoms with E-state index in [0.29, 0.717) is 0 Å². The number of carbonyl (C=O) groups excluding carboxylic acids is 1. The van der Waals surface area contributed by atoms with Gasteiger partial charge in [-0.3, -0.25) is 4.79 Å². The Bertz CT molecular complexity index is 224. The highest BCUT2D eigenvalue weighted by molar-refractivity contribution is 5.82. The van der Waals surface area contributed by atoms with Gasteiger partial charge in [0.05, 0.1) is 6.04 Å². The van der Waals surface area contributed by atoms with E-state index in [0.717, 1.165) is 31.8 Å². The van der Waals surface area contributed by atoms with Gasteiger partial charge < -0.3 is 10.6 Å². The molecule has 1 saturated heterocycles. The van der Waals surface area contributed by atoms with Crippen LogP contribution in [0.3, 0.4) is 0 Å². The second-order valence-electron chi connectivity index (χ2n) is 5.85. The molecule has 0 radical (unpaired) electrons. The van der Waals surface area contributed by atoms with E-state index in [1.54, 1.807) is 0 Å². The number of carbonyl (C=O) groups is 1. The van der Waals surface area contributed by atoms with Gasteiger partial charge in [-0.2, -0.15) is 0 Å². The van der Waals surface area contributed by atoms with Crippen LogP contribution in [0.1, 0.15) is 40.5 Å². The molecule has 0 aromatic carbocycles. The molecular weight excluding hydrogens is 188 g/mol. The van der Waals surface area contributed by atoms with Gasteiger partial charge in [0.25, 0.3) is 0 Å². The molecule has 1 fully saturated rings. The van der Waals surface area contributed by atoms with E-state index in [-0.39, 0.29) is 17.4 Å². The van der Waals surface area contributed by atoms with Crippen molar-refractivity contribution < 1.29 is 4.79 Å². The zero-order chi connectivity index (χ0) is 11.6. The molecule has 1 amide bonds. The lowest BCUT2D eigenvalue weighted by atomic mass is 9.86. The normalized spacial score (nSPS) is 21.5. The van der Waals surface area contributed by atoms with Crippen LogP contribution in [0.5, 0.6) is 0 Å². The van der Waals surface area contributed by atoms with E-state index in [9.17, 15) is 4.79 Å². The number of hydrogen-bond acceptors (Lipinski definition) is 2. The Morgan fingerprint density at radius 3 is 2.20 bits per heavy atom. The molecule has 1 aliphatic rings. The van der Waals surface area contributed by atoms with E-state index in [2.05, 4.69) is 6.92 Å². The lowest BCUT2D eigenvalue weighted by molar-refractivity contribution is -0.136. The van der Waals surface area contributed by atoms with E-state index in [1.807, 2.05) is 25.7 Å². The number of nitrogens with two attached hydrogens (primary N) is 1. The lowest BCUT2D eigenvalue weighted by Gasteiger charge is -2.35. The molecular formula is C12H24N2O. The third kappa shape index (κ3) is 3.20. The highest BCUT2D eigenvalue weighted by Crippen LogP contribution is 2.22. The van der Waals surface area contributed by atoms with Crippen LogP contribution in [-0.4, -0.2) is 29.9 Å². The molecule has 0 saturated carbocycles. The molecule has 88 valence electrons. The third-order valence-corrected chi connectivity index (χ3v) is 3.29. The Kier molecular flexibility index (Phi) is 3.77. The summed E-state index contributed by atoms with van der Waals surface area (Å²) in [5.74, 6) is 0.870. The first-order valence-corrected chi connectivity index (χ1v) is 5.86. The Morgan fingerprint density at radius 2 is 1.80 bits per heavy atom. The number of rotatable bonds is 1. The van der Waals surface area contributed by atoms with Gasteiger partial charge >= 0.3 is 0 Å². The van der Waals surface area contributed by atoms with Gasteiger partial charge in [0, 0.05) is 13.1 Å². The summed E-state index contributed by atoms with van der Waals surface area (Å²) in [5, 5.41) is 0. The fourth-order valence-electron chi connectivity index (χ4n) is 1.80. The molecule has 0 aromatic heterocycles. The first-order valence-electron chi connectivity index (χ1n) is 5.86. The van der Waals surface area contributed by atoms with Gasteiger partial charge in [-0.1, -0.05) is 27.7 Å². The summed E-state index contributed by atoms with van der Waals surface area (Å²) in [5.41, 5.74) is 5.83. The third-order valence-electron chi connectivity index (χ3n) is 3.29. The summed E-state index contributed by atoms with van der Waals surface area (Å²) >= 11 is 0. The van der Waals surface area contributed by atoms with Gasteiger partial charge in [-0.25, -0.2) is 0 Å². The standard InChI is InChI=1S/C12H24N2O/c1-9-5-7-14(8-6-9)11(15)10(13)12(2,3)4/h9-10H,5-8,13H2,1-4H3/t10-/m0/s1. The molecule has 0 unspecified atom stereocenters. The van der Waals surface area contributed by atoms with Gasteiger partial charge in [0.2, 0.25) is 5.91 Å². The van der Waals surface area contributed by atoms with Crippen LogP contribution in [0.2, 0.25) is 0 Å². The predicted molar refractivity (Wildman–Crippen MR) is 62.4 cm³/mol.